The van der Waals surface area contributed by atoms with Gasteiger partial charge in [-0.05, 0) is 25.1 Å². The van der Waals surface area contributed by atoms with Crippen molar-refractivity contribution in [3.63, 3.8) is 0 Å². The van der Waals surface area contributed by atoms with Crippen molar-refractivity contribution in [2.24, 2.45) is 0 Å². The summed E-state index contributed by atoms with van der Waals surface area (Å²) in [7, 11) is 1.52. The molecule has 1 heterocycles. The molecule has 1 aromatic rings. The predicted octanol–water partition coefficient (Wildman–Crippen LogP) is 1.24. The molecule has 0 saturated carbocycles. The van der Waals surface area contributed by atoms with Crippen molar-refractivity contribution in [3.8, 4) is 5.75 Å². The first-order valence-corrected chi connectivity index (χ1v) is 8.04. The summed E-state index contributed by atoms with van der Waals surface area (Å²) < 4.78 is 5.24. The summed E-state index contributed by atoms with van der Waals surface area (Å²) in [5.41, 5.74) is 0.508. The van der Waals surface area contributed by atoms with Gasteiger partial charge in [-0.25, -0.2) is 0 Å². The number of amides is 2. The Morgan fingerprint density at radius 1 is 1.26 bits per heavy atom. The van der Waals surface area contributed by atoms with Crippen LogP contribution < -0.4 is 10.1 Å². The second kappa shape index (κ2) is 8.17. The van der Waals surface area contributed by atoms with Crippen LogP contribution in [0, 0.1) is 0 Å². The van der Waals surface area contributed by atoms with E-state index in [2.05, 4.69) is 5.32 Å². The third-order valence-electron chi connectivity index (χ3n) is 3.79. The number of nitrogens with one attached hydrogen (secondary N) is 1. The quantitative estimate of drug-likeness (QED) is 0.877. The molecule has 0 radical (unpaired) electrons. The molecule has 1 saturated heterocycles. The van der Waals surface area contributed by atoms with Crippen molar-refractivity contribution in [3.05, 3.63) is 28.8 Å². The van der Waals surface area contributed by atoms with Crippen LogP contribution in [0.4, 0.5) is 0 Å². The first kappa shape index (κ1) is 17.6. The average molecular weight is 340 g/mol. The lowest BCUT2D eigenvalue weighted by Crippen LogP contribution is -2.51. The van der Waals surface area contributed by atoms with Gasteiger partial charge < -0.3 is 15.0 Å². The first-order valence-electron chi connectivity index (χ1n) is 7.67. The number of ether oxygens (including phenoxy) is 1. The molecule has 0 aliphatic carbocycles. The summed E-state index contributed by atoms with van der Waals surface area (Å²) in [4.78, 5) is 28.1. The van der Waals surface area contributed by atoms with E-state index >= 15 is 0 Å². The summed E-state index contributed by atoms with van der Waals surface area (Å²) in [6.45, 7) is 5.44. The van der Waals surface area contributed by atoms with E-state index in [-0.39, 0.29) is 11.8 Å². The first-order chi connectivity index (χ1) is 11.0. The Morgan fingerprint density at radius 2 is 1.96 bits per heavy atom. The number of carbonyl (C=O) groups is 2. The number of benzene rings is 1. The number of nitrogens with zero attached hydrogens (tertiary/aromatic N) is 2. The van der Waals surface area contributed by atoms with Gasteiger partial charge in [0.1, 0.15) is 5.75 Å². The van der Waals surface area contributed by atoms with Crippen molar-refractivity contribution in [2.45, 2.75) is 6.92 Å². The second-order valence-corrected chi connectivity index (χ2v) is 5.80. The molecule has 6 nitrogen and oxygen atoms in total. The average Bonchev–Trinajstić information content (AvgIpc) is 2.55. The molecule has 1 N–H and O–H groups in total. The highest BCUT2D eigenvalue weighted by molar-refractivity contribution is 6.30. The van der Waals surface area contributed by atoms with E-state index in [9.17, 15) is 9.59 Å². The van der Waals surface area contributed by atoms with Crippen LogP contribution in [0.2, 0.25) is 5.02 Å². The van der Waals surface area contributed by atoms with Crippen molar-refractivity contribution < 1.29 is 14.3 Å². The van der Waals surface area contributed by atoms with Gasteiger partial charge in [0.05, 0.1) is 19.2 Å². The lowest BCUT2D eigenvalue weighted by atomic mass is 10.1. The van der Waals surface area contributed by atoms with Crippen LogP contribution in [0.5, 0.6) is 5.75 Å². The molecule has 0 spiro atoms. The summed E-state index contributed by atoms with van der Waals surface area (Å²) >= 11 is 5.93. The molecule has 1 aliphatic heterocycles. The highest BCUT2D eigenvalue weighted by Gasteiger charge is 2.25. The van der Waals surface area contributed by atoms with Gasteiger partial charge in [0.15, 0.2) is 0 Å². The van der Waals surface area contributed by atoms with Gasteiger partial charge in [0.25, 0.3) is 5.91 Å². The molecular formula is C16H22ClN3O3. The topological polar surface area (TPSA) is 61.9 Å². The Kier molecular flexibility index (Phi) is 6.24. The van der Waals surface area contributed by atoms with E-state index in [0.717, 1.165) is 0 Å². The van der Waals surface area contributed by atoms with Gasteiger partial charge in [0.2, 0.25) is 5.91 Å². The summed E-state index contributed by atoms with van der Waals surface area (Å²) in [6, 6.07) is 5.01. The van der Waals surface area contributed by atoms with E-state index in [1.165, 1.54) is 7.11 Å². The van der Waals surface area contributed by atoms with Crippen molar-refractivity contribution in [1.29, 1.82) is 0 Å². The predicted molar refractivity (Wildman–Crippen MR) is 89.0 cm³/mol. The Bertz CT molecular complexity index is 572. The fourth-order valence-electron chi connectivity index (χ4n) is 2.58. The number of likely N-dealkylation sites (N-methyl/N-ethyl adjacent to an activating group) is 1. The highest BCUT2D eigenvalue weighted by Crippen LogP contribution is 2.24. The van der Waals surface area contributed by atoms with Crippen LogP contribution in [0.1, 0.15) is 17.3 Å². The fraction of sp³-hybridized carbons (Fsp3) is 0.500. The Balaban J connectivity index is 1.95. The number of methoxy groups -OCH3 is 1. The monoisotopic (exact) mass is 339 g/mol. The maximum Gasteiger partial charge on any atom is 0.257 e. The molecule has 7 heteroatoms. The van der Waals surface area contributed by atoms with Crippen LogP contribution in [0.3, 0.4) is 0 Å². The highest BCUT2D eigenvalue weighted by atomic mass is 35.5. The van der Waals surface area contributed by atoms with Crippen LogP contribution in [-0.2, 0) is 4.79 Å². The van der Waals surface area contributed by atoms with Gasteiger partial charge in [-0.3, -0.25) is 14.5 Å². The lowest BCUT2D eigenvalue weighted by molar-refractivity contribution is -0.122. The molecule has 0 aromatic heterocycles. The molecule has 1 aliphatic rings. The Hall–Kier alpha value is -1.79. The van der Waals surface area contributed by atoms with E-state index in [4.69, 9.17) is 16.3 Å². The number of hydrogen-bond donors (Lipinski definition) is 1. The molecule has 2 amide bonds. The van der Waals surface area contributed by atoms with Gasteiger partial charge in [-0.1, -0.05) is 11.6 Å². The molecule has 23 heavy (non-hydrogen) atoms. The molecule has 0 unspecified atom stereocenters. The van der Waals surface area contributed by atoms with Crippen molar-refractivity contribution in [1.82, 2.24) is 15.1 Å². The maximum absolute atomic E-state index is 12.6. The normalized spacial score (nSPS) is 15.3. The van der Waals surface area contributed by atoms with Gasteiger partial charge in [-0.15, -0.1) is 0 Å². The molecular weight excluding hydrogens is 318 g/mol. The third-order valence-corrected chi connectivity index (χ3v) is 4.03. The van der Waals surface area contributed by atoms with E-state index in [1.807, 2.05) is 11.8 Å². The molecule has 0 atom stereocenters. The molecule has 1 fully saturated rings. The smallest absolute Gasteiger partial charge is 0.257 e. The minimum Gasteiger partial charge on any atom is -0.496 e. The van der Waals surface area contributed by atoms with Gasteiger partial charge in [0, 0.05) is 37.7 Å². The minimum absolute atomic E-state index is 0.0200. The lowest BCUT2D eigenvalue weighted by Gasteiger charge is -2.34. The number of piperazine rings is 1. The van der Waals surface area contributed by atoms with Crippen molar-refractivity contribution in [2.75, 3.05) is 46.4 Å². The molecule has 0 bridgehead atoms. The molecule has 126 valence electrons. The van der Waals surface area contributed by atoms with Gasteiger partial charge in [-0.2, -0.15) is 0 Å². The summed E-state index contributed by atoms with van der Waals surface area (Å²) in [5.74, 6) is 0.426. The molecule has 2 rings (SSSR count). The SMILES string of the molecule is CCNC(=O)CN1CCN(C(=O)c2ccc(Cl)cc2OC)CC1. The zero-order valence-electron chi connectivity index (χ0n) is 13.5. The van der Waals surface area contributed by atoms with E-state index < -0.39 is 0 Å². The van der Waals surface area contributed by atoms with Crippen molar-refractivity contribution >= 4 is 23.4 Å². The fourth-order valence-corrected chi connectivity index (χ4v) is 2.74. The standard InChI is InChI=1S/C16H22ClN3O3/c1-3-18-15(21)11-19-6-8-20(9-7-19)16(22)13-5-4-12(17)10-14(13)23-2/h4-5,10H,3,6-9,11H2,1-2H3,(H,18,21). The Morgan fingerprint density at radius 3 is 2.57 bits per heavy atom. The number of halogens is 1. The third kappa shape index (κ3) is 4.59. The van der Waals surface area contributed by atoms with Crippen LogP contribution in [0.25, 0.3) is 0 Å². The van der Waals surface area contributed by atoms with Crippen LogP contribution >= 0.6 is 11.6 Å². The minimum atomic E-state index is -0.0730. The van der Waals surface area contributed by atoms with E-state index in [0.29, 0.717) is 55.6 Å². The van der Waals surface area contributed by atoms with Crippen LogP contribution in [0.15, 0.2) is 18.2 Å². The zero-order valence-corrected chi connectivity index (χ0v) is 14.2. The summed E-state index contributed by atoms with van der Waals surface area (Å²) in [5, 5.41) is 3.32. The number of hydrogen-bond acceptors (Lipinski definition) is 4. The van der Waals surface area contributed by atoms with Gasteiger partial charge >= 0.3 is 0 Å². The number of carbonyl (C=O) groups excluding carboxylic acids is 2. The number of rotatable bonds is 5. The van der Waals surface area contributed by atoms with Crippen LogP contribution in [-0.4, -0.2) is 68.0 Å². The van der Waals surface area contributed by atoms with E-state index in [1.54, 1.807) is 23.1 Å². The maximum atomic E-state index is 12.6. The zero-order chi connectivity index (χ0) is 16.8. The molecule has 1 aromatic carbocycles. The Labute approximate surface area is 141 Å². The summed E-state index contributed by atoms with van der Waals surface area (Å²) in [6.07, 6.45) is 0. The second-order valence-electron chi connectivity index (χ2n) is 5.37. The largest absolute Gasteiger partial charge is 0.496 e.